The minimum absolute atomic E-state index is 0.115. The summed E-state index contributed by atoms with van der Waals surface area (Å²) in [4.78, 5) is 12.2. The SMILES string of the molecule is COc1cccc(/C=N\NC(=O)CN(c2cccc(C)c2C)S(C)(=O)=O)c1O. The molecule has 2 aromatic carbocycles. The summed E-state index contributed by atoms with van der Waals surface area (Å²) in [5, 5.41) is 13.8. The van der Waals surface area contributed by atoms with Crippen LogP contribution in [0.3, 0.4) is 0 Å². The molecule has 0 heterocycles. The maximum Gasteiger partial charge on any atom is 0.260 e. The van der Waals surface area contributed by atoms with Gasteiger partial charge in [0.25, 0.3) is 5.91 Å². The quantitative estimate of drug-likeness (QED) is 0.541. The average Bonchev–Trinajstić information content (AvgIpc) is 2.63. The van der Waals surface area contributed by atoms with Crippen molar-refractivity contribution in [2.45, 2.75) is 13.8 Å². The van der Waals surface area contributed by atoms with Crippen molar-refractivity contribution in [2.24, 2.45) is 5.10 Å². The Morgan fingerprint density at radius 1 is 1.25 bits per heavy atom. The number of carbonyl (C=O) groups is 1. The Morgan fingerprint density at radius 3 is 2.57 bits per heavy atom. The van der Waals surface area contributed by atoms with E-state index in [0.717, 1.165) is 21.7 Å². The van der Waals surface area contributed by atoms with E-state index in [9.17, 15) is 18.3 Å². The van der Waals surface area contributed by atoms with Crippen LogP contribution in [0.15, 0.2) is 41.5 Å². The van der Waals surface area contributed by atoms with E-state index in [2.05, 4.69) is 10.5 Å². The van der Waals surface area contributed by atoms with Crippen molar-refractivity contribution in [3.8, 4) is 11.5 Å². The number of hydrazone groups is 1. The molecular formula is C19H23N3O5S. The Morgan fingerprint density at radius 2 is 1.93 bits per heavy atom. The number of ether oxygens (including phenoxy) is 1. The van der Waals surface area contributed by atoms with Gasteiger partial charge in [0, 0.05) is 5.56 Å². The van der Waals surface area contributed by atoms with E-state index >= 15 is 0 Å². The molecule has 0 aromatic heterocycles. The summed E-state index contributed by atoms with van der Waals surface area (Å²) in [5.41, 5.74) is 4.74. The number of benzene rings is 2. The van der Waals surface area contributed by atoms with Crippen LogP contribution in [0, 0.1) is 13.8 Å². The molecule has 0 saturated carbocycles. The summed E-state index contributed by atoms with van der Waals surface area (Å²) in [6.45, 7) is 3.24. The number of aryl methyl sites for hydroxylation is 1. The van der Waals surface area contributed by atoms with E-state index in [1.807, 2.05) is 13.0 Å². The van der Waals surface area contributed by atoms with Crippen molar-refractivity contribution in [1.82, 2.24) is 5.43 Å². The lowest BCUT2D eigenvalue weighted by Gasteiger charge is -2.23. The highest BCUT2D eigenvalue weighted by molar-refractivity contribution is 7.92. The first-order valence-corrected chi connectivity index (χ1v) is 10.2. The summed E-state index contributed by atoms with van der Waals surface area (Å²) in [6, 6.07) is 10.1. The van der Waals surface area contributed by atoms with Gasteiger partial charge in [-0.05, 0) is 43.2 Å². The molecule has 0 radical (unpaired) electrons. The van der Waals surface area contributed by atoms with E-state index in [1.54, 1.807) is 37.3 Å². The summed E-state index contributed by atoms with van der Waals surface area (Å²) >= 11 is 0. The Bertz CT molecular complexity index is 1000. The maximum absolute atomic E-state index is 12.2. The first-order valence-electron chi connectivity index (χ1n) is 8.37. The fourth-order valence-corrected chi connectivity index (χ4v) is 3.44. The Hall–Kier alpha value is -3.07. The molecule has 8 nitrogen and oxygen atoms in total. The summed E-state index contributed by atoms with van der Waals surface area (Å²) in [7, 11) is -2.26. The number of hydrogen-bond acceptors (Lipinski definition) is 6. The summed E-state index contributed by atoms with van der Waals surface area (Å²) < 4.78 is 30.4. The van der Waals surface area contributed by atoms with Gasteiger partial charge >= 0.3 is 0 Å². The summed E-state index contributed by atoms with van der Waals surface area (Å²) in [5.74, 6) is -0.463. The number of para-hydroxylation sites is 1. The molecule has 0 aliphatic carbocycles. The van der Waals surface area contributed by atoms with Crippen molar-refractivity contribution in [3.05, 3.63) is 53.1 Å². The van der Waals surface area contributed by atoms with Gasteiger partial charge in [-0.2, -0.15) is 5.10 Å². The topological polar surface area (TPSA) is 108 Å². The van der Waals surface area contributed by atoms with Gasteiger partial charge in [0.15, 0.2) is 11.5 Å². The van der Waals surface area contributed by atoms with E-state index in [-0.39, 0.29) is 11.5 Å². The Balaban J connectivity index is 2.16. The molecule has 1 amide bonds. The average molecular weight is 405 g/mol. The number of nitrogens with zero attached hydrogens (tertiary/aromatic N) is 2. The molecule has 0 bridgehead atoms. The Kier molecular flexibility index (Phi) is 6.63. The minimum Gasteiger partial charge on any atom is -0.504 e. The third kappa shape index (κ3) is 5.01. The second kappa shape index (κ2) is 8.75. The molecular weight excluding hydrogens is 382 g/mol. The predicted octanol–water partition coefficient (Wildman–Crippen LogP) is 1.93. The van der Waals surface area contributed by atoms with Gasteiger partial charge in [0.2, 0.25) is 10.0 Å². The fraction of sp³-hybridized carbons (Fsp3) is 0.263. The number of phenolic OH excluding ortho intramolecular Hbond substituents is 1. The van der Waals surface area contributed by atoms with Crippen LogP contribution in [0.1, 0.15) is 16.7 Å². The number of anilines is 1. The molecule has 0 spiro atoms. The second-order valence-electron chi connectivity index (χ2n) is 6.18. The third-order valence-electron chi connectivity index (χ3n) is 4.18. The van der Waals surface area contributed by atoms with Crippen molar-refractivity contribution < 1.29 is 23.1 Å². The molecule has 2 N–H and O–H groups in total. The van der Waals surface area contributed by atoms with Gasteiger partial charge in [0.05, 0.1) is 25.3 Å². The number of aromatic hydroxyl groups is 1. The zero-order chi connectivity index (χ0) is 20.9. The number of phenols is 1. The van der Waals surface area contributed by atoms with Crippen LogP contribution in [0.2, 0.25) is 0 Å². The van der Waals surface area contributed by atoms with Crippen LogP contribution in [-0.4, -0.2) is 45.6 Å². The molecule has 0 aliphatic rings. The van der Waals surface area contributed by atoms with Gasteiger partial charge < -0.3 is 9.84 Å². The highest BCUT2D eigenvalue weighted by atomic mass is 32.2. The number of sulfonamides is 1. The lowest BCUT2D eigenvalue weighted by molar-refractivity contribution is -0.119. The zero-order valence-corrected chi connectivity index (χ0v) is 16.9. The fourth-order valence-electron chi connectivity index (χ4n) is 2.53. The standard InChI is InChI=1S/C19H23N3O5S/c1-13-7-5-9-16(14(13)2)22(28(4,25)26)12-18(23)21-20-11-15-8-6-10-17(27-3)19(15)24/h5-11,24H,12H2,1-4H3,(H,21,23)/b20-11-. The number of methoxy groups -OCH3 is 1. The number of carbonyl (C=O) groups excluding carboxylic acids is 1. The van der Waals surface area contributed by atoms with Gasteiger partial charge in [-0.1, -0.05) is 18.2 Å². The highest BCUT2D eigenvalue weighted by Crippen LogP contribution is 2.28. The number of hydrogen-bond donors (Lipinski definition) is 2. The molecule has 0 saturated heterocycles. The van der Waals surface area contributed by atoms with E-state index < -0.39 is 22.5 Å². The normalized spacial score (nSPS) is 11.4. The number of amides is 1. The van der Waals surface area contributed by atoms with Gasteiger partial charge in [-0.25, -0.2) is 13.8 Å². The molecule has 150 valence electrons. The minimum atomic E-state index is -3.68. The first kappa shape index (κ1) is 21.2. The molecule has 0 aliphatic heterocycles. The largest absolute Gasteiger partial charge is 0.504 e. The highest BCUT2D eigenvalue weighted by Gasteiger charge is 2.22. The van der Waals surface area contributed by atoms with Gasteiger partial charge in [-0.3, -0.25) is 9.10 Å². The number of rotatable bonds is 7. The van der Waals surface area contributed by atoms with Crippen LogP contribution in [-0.2, 0) is 14.8 Å². The molecule has 9 heteroatoms. The molecule has 0 unspecified atom stereocenters. The monoisotopic (exact) mass is 405 g/mol. The lowest BCUT2D eigenvalue weighted by atomic mass is 10.1. The molecule has 2 aromatic rings. The smallest absolute Gasteiger partial charge is 0.260 e. The van der Waals surface area contributed by atoms with Crippen molar-refractivity contribution >= 4 is 27.8 Å². The van der Waals surface area contributed by atoms with Crippen molar-refractivity contribution in [2.75, 3.05) is 24.2 Å². The first-order chi connectivity index (χ1) is 13.1. The molecule has 0 fully saturated rings. The van der Waals surface area contributed by atoms with Gasteiger partial charge in [0.1, 0.15) is 6.54 Å². The third-order valence-corrected chi connectivity index (χ3v) is 5.30. The van der Waals surface area contributed by atoms with Crippen molar-refractivity contribution in [1.29, 1.82) is 0 Å². The number of nitrogens with one attached hydrogen (secondary N) is 1. The zero-order valence-electron chi connectivity index (χ0n) is 16.1. The second-order valence-corrected chi connectivity index (χ2v) is 8.09. The van der Waals surface area contributed by atoms with Gasteiger partial charge in [-0.15, -0.1) is 0 Å². The molecule has 0 atom stereocenters. The summed E-state index contributed by atoms with van der Waals surface area (Å²) in [6.07, 6.45) is 2.29. The van der Waals surface area contributed by atoms with E-state index in [0.29, 0.717) is 11.3 Å². The predicted molar refractivity (Wildman–Crippen MR) is 109 cm³/mol. The van der Waals surface area contributed by atoms with Crippen LogP contribution < -0.4 is 14.5 Å². The van der Waals surface area contributed by atoms with Crippen molar-refractivity contribution in [3.63, 3.8) is 0 Å². The van der Waals surface area contributed by atoms with Crippen LogP contribution in [0.5, 0.6) is 11.5 Å². The van der Waals surface area contributed by atoms with Crippen LogP contribution in [0.4, 0.5) is 5.69 Å². The Labute approximate surface area is 164 Å². The van der Waals surface area contributed by atoms with Crippen LogP contribution in [0.25, 0.3) is 0 Å². The van der Waals surface area contributed by atoms with E-state index in [4.69, 9.17) is 4.74 Å². The van der Waals surface area contributed by atoms with E-state index in [1.165, 1.54) is 13.3 Å². The molecule has 28 heavy (non-hydrogen) atoms. The van der Waals surface area contributed by atoms with Crippen LogP contribution >= 0.6 is 0 Å². The lowest BCUT2D eigenvalue weighted by Crippen LogP contribution is -2.39. The molecule has 2 rings (SSSR count). The maximum atomic E-state index is 12.2.